The summed E-state index contributed by atoms with van der Waals surface area (Å²) in [6.45, 7) is 6.55. The molecule has 1 N–H and O–H groups in total. The quantitative estimate of drug-likeness (QED) is 0.643. The second-order valence-corrected chi connectivity index (χ2v) is 3.98. The average Bonchev–Trinajstić information content (AvgIpc) is 2.00. The number of hydrogen-bond acceptors (Lipinski definition) is 2. The van der Waals surface area contributed by atoms with Gasteiger partial charge in [-0.25, -0.2) is 0 Å². The van der Waals surface area contributed by atoms with Crippen LogP contribution in [0.1, 0.15) is 27.2 Å². The van der Waals surface area contributed by atoms with E-state index in [-0.39, 0.29) is 11.3 Å². The van der Waals surface area contributed by atoms with Crippen LogP contribution >= 0.6 is 0 Å². The van der Waals surface area contributed by atoms with Crippen LogP contribution in [0, 0.1) is 5.41 Å². The van der Waals surface area contributed by atoms with Gasteiger partial charge in [0.25, 0.3) is 0 Å². The lowest BCUT2D eigenvalue weighted by atomic mass is 9.89. The van der Waals surface area contributed by atoms with E-state index in [2.05, 4.69) is 5.32 Å². The number of carbonyl (C=O) groups excluding carboxylic acids is 1. The Labute approximate surface area is 75.1 Å². The minimum atomic E-state index is -0.240. The molecule has 0 fully saturated rings. The van der Waals surface area contributed by atoms with Crippen molar-refractivity contribution in [2.45, 2.75) is 27.2 Å². The van der Waals surface area contributed by atoms with Crippen molar-refractivity contribution in [3.8, 4) is 0 Å². The van der Waals surface area contributed by atoms with Crippen LogP contribution in [0.4, 0.5) is 0 Å². The van der Waals surface area contributed by atoms with E-state index >= 15 is 0 Å². The molecule has 0 unspecified atom stereocenters. The number of nitrogens with one attached hydrogen (secondary N) is 1. The van der Waals surface area contributed by atoms with E-state index in [1.807, 2.05) is 39.8 Å². The third-order valence-corrected chi connectivity index (χ3v) is 2.05. The average molecular weight is 172 g/mol. The highest BCUT2D eigenvalue weighted by molar-refractivity contribution is 5.81. The Bertz CT molecular complexity index is 153. The molecule has 1 amide bonds. The molecular weight excluding hydrogens is 152 g/mol. The minimum absolute atomic E-state index is 0.124. The molecule has 0 bridgehead atoms. The Hall–Kier alpha value is -0.570. The molecule has 0 aromatic rings. The van der Waals surface area contributed by atoms with Gasteiger partial charge in [0.15, 0.2) is 0 Å². The second-order valence-electron chi connectivity index (χ2n) is 3.98. The van der Waals surface area contributed by atoms with Crippen molar-refractivity contribution in [3.63, 3.8) is 0 Å². The maximum absolute atomic E-state index is 11.5. The number of nitrogens with zero attached hydrogens (tertiary/aromatic N) is 1. The van der Waals surface area contributed by atoms with Gasteiger partial charge >= 0.3 is 0 Å². The maximum Gasteiger partial charge on any atom is 0.226 e. The SMILES string of the molecule is CCC(C)(C)C(=O)NCN(C)C. The third kappa shape index (κ3) is 3.72. The van der Waals surface area contributed by atoms with Crippen LogP contribution in [0.25, 0.3) is 0 Å². The molecule has 0 radical (unpaired) electrons. The second kappa shape index (κ2) is 4.45. The van der Waals surface area contributed by atoms with Crippen molar-refractivity contribution in [3.05, 3.63) is 0 Å². The molecule has 0 aliphatic carbocycles. The summed E-state index contributed by atoms with van der Waals surface area (Å²) in [4.78, 5) is 13.4. The molecule has 3 heteroatoms. The van der Waals surface area contributed by atoms with E-state index < -0.39 is 0 Å². The highest BCUT2D eigenvalue weighted by Gasteiger charge is 2.24. The van der Waals surface area contributed by atoms with E-state index in [1.54, 1.807) is 0 Å². The first-order valence-electron chi connectivity index (χ1n) is 4.33. The molecule has 0 spiro atoms. The fourth-order valence-electron chi connectivity index (χ4n) is 0.630. The van der Waals surface area contributed by atoms with Crippen LogP contribution in [0.15, 0.2) is 0 Å². The zero-order chi connectivity index (χ0) is 9.78. The van der Waals surface area contributed by atoms with E-state index in [0.717, 1.165) is 6.42 Å². The summed E-state index contributed by atoms with van der Waals surface area (Å²) in [6, 6.07) is 0. The Balaban J connectivity index is 3.88. The molecule has 0 heterocycles. The molecule has 0 rings (SSSR count). The minimum Gasteiger partial charge on any atom is -0.343 e. The summed E-state index contributed by atoms with van der Waals surface area (Å²) in [5, 5.41) is 2.86. The predicted molar refractivity (Wildman–Crippen MR) is 50.8 cm³/mol. The lowest BCUT2D eigenvalue weighted by Crippen LogP contribution is -2.41. The van der Waals surface area contributed by atoms with Crippen molar-refractivity contribution in [1.29, 1.82) is 0 Å². The Morgan fingerprint density at radius 3 is 2.25 bits per heavy atom. The number of rotatable bonds is 4. The molecule has 0 saturated heterocycles. The van der Waals surface area contributed by atoms with Crippen molar-refractivity contribution in [1.82, 2.24) is 10.2 Å². The normalized spacial score (nSPS) is 11.8. The van der Waals surface area contributed by atoms with Gasteiger partial charge in [0.1, 0.15) is 0 Å². The Kier molecular flexibility index (Phi) is 4.24. The highest BCUT2D eigenvalue weighted by atomic mass is 16.2. The Morgan fingerprint density at radius 1 is 1.42 bits per heavy atom. The van der Waals surface area contributed by atoms with E-state index in [0.29, 0.717) is 6.67 Å². The van der Waals surface area contributed by atoms with Gasteiger partial charge in [-0.15, -0.1) is 0 Å². The van der Waals surface area contributed by atoms with E-state index in [4.69, 9.17) is 0 Å². The van der Waals surface area contributed by atoms with Gasteiger partial charge in [-0.2, -0.15) is 0 Å². The van der Waals surface area contributed by atoms with Crippen LogP contribution < -0.4 is 5.32 Å². The summed E-state index contributed by atoms with van der Waals surface area (Å²) >= 11 is 0. The molecule has 72 valence electrons. The molecule has 0 aliphatic heterocycles. The van der Waals surface area contributed by atoms with Gasteiger partial charge < -0.3 is 5.32 Å². The van der Waals surface area contributed by atoms with Gasteiger partial charge in [0.05, 0.1) is 6.67 Å². The number of carbonyl (C=O) groups is 1. The van der Waals surface area contributed by atoms with Gasteiger partial charge in [-0.3, -0.25) is 9.69 Å². The topological polar surface area (TPSA) is 32.3 Å². The first-order valence-corrected chi connectivity index (χ1v) is 4.33. The molecule has 12 heavy (non-hydrogen) atoms. The van der Waals surface area contributed by atoms with E-state index in [9.17, 15) is 4.79 Å². The molecule has 0 atom stereocenters. The van der Waals surface area contributed by atoms with Crippen LogP contribution in [0.2, 0.25) is 0 Å². The number of hydrogen-bond donors (Lipinski definition) is 1. The summed E-state index contributed by atoms with van der Waals surface area (Å²) < 4.78 is 0. The molecule has 0 aromatic carbocycles. The molecular formula is C9H20N2O. The van der Waals surface area contributed by atoms with E-state index in [1.165, 1.54) is 0 Å². The summed E-state index contributed by atoms with van der Waals surface area (Å²) in [5.41, 5.74) is -0.240. The molecule has 3 nitrogen and oxygen atoms in total. The van der Waals surface area contributed by atoms with Crippen LogP contribution in [0.3, 0.4) is 0 Å². The van der Waals surface area contributed by atoms with Gasteiger partial charge in [0, 0.05) is 5.41 Å². The van der Waals surface area contributed by atoms with Gasteiger partial charge in [0.2, 0.25) is 5.91 Å². The highest BCUT2D eigenvalue weighted by Crippen LogP contribution is 2.18. The first-order chi connectivity index (χ1) is 5.40. The van der Waals surface area contributed by atoms with Crippen molar-refractivity contribution >= 4 is 5.91 Å². The van der Waals surface area contributed by atoms with Crippen LogP contribution in [0.5, 0.6) is 0 Å². The molecule has 0 saturated carbocycles. The van der Waals surface area contributed by atoms with Crippen molar-refractivity contribution in [2.75, 3.05) is 20.8 Å². The monoisotopic (exact) mass is 172 g/mol. The predicted octanol–water partition coefficient (Wildman–Crippen LogP) is 1.06. The fourth-order valence-corrected chi connectivity index (χ4v) is 0.630. The molecule has 0 aliphatic rings. The lowest BCUT2D eigenvalue weighted by molar-refractivity contribution is -0.130. The van der Waals surface area contributed by atoms with Crippen LogP contribution in [-0.4, -0.2) is 31.6 Å². The standard InChI is InChI=1S/C9H20N2O/c1-6-9(2,3)8(12)10-7-11(4)5/h6-7H2,1-5H3,(H,10,12). The van der Waals surface area contributed by atoms with Crippen LogP contribution in [-0.2, 0) is 4.79 Å². The maximum atomic E-state index is 11.5. The van der Waals surface area contributed by atoms with Crippen molar-refractivity contribution < 1.29 is 4.79 Å². The Morgan fingerprint density at radius 2 is 1.92 bits per heavy atom. The first kappa shape index (κ1) is 11.4. The largest absolute Gasteiger partial charge is 0.343 e. The zero-order valence-electron chi connectivity index (χ0n) is 8.77. The number of amides is 1. The summed E-state index contributed by atoms with van der Waals surface area (Å²) in [6.07, 6.45) is 0.867. The summed E-state index contributed by atoms with van der Waals surface area (Å²) in [5.74, 6) is 0.124. The summed E-state index contributed by atoms with van der Waals surface area (Å²) in [7, 11) is 3.86. The third-order valence-electron chi connectivity index (χ3n) is 2.05. The zero-order valence-corrected chi connectivity index (χ0v) is 8.77. The van der Waals surface area contributed by atoms with Gasteiger partial charge in [-0.05, 0) is 20.5 Å². The van der Waals surface area contributed by atoms with Crippen molar-refractivity contribution in [2.24, 2.45) is 5.41 Å². The fraction of sp³-hybridized carbons (Fsp3) is 0.889. The molecule has 0 aromatic heterocycles. The van der Waals surface area contributed by atoms with Gasteiger partial charge in [-0.1, -0.05) is 20.8 Å². The smallest absolute Gasteiger partial charge is 0.226 e. The lowest BCUT2D eigenvalue weighted by Gasteiger charge is -2.22.